The topological polar surface area (TPSA) is 102 Å². The maximum absolute atomic E-state index is 12.8. The van der Waals surface area contributed by atoms with Crippen molar-refractivity contribution < 1.29 is 4.79 Å². The van der Waals surface area contributed by atoms with Gasteiger partial charge < -0.3 is 15.6 Å². The first-order chi connectivity index (χ1) is 15.0. The molecule has 0 radical (unpaired) electrons. The SMILES string of the molecule is Cn1c(C(=O)NCCCc2nn(-c3ccccc3)c(N)c2C#N)c(Br)c2ccccc21. The summed E-state index contributed by atoms with van der Waals surface area (Å²) in [5, 5.41) is 18.0. The molecule has 4 rings (SSSR count). The van der Waals surface area contributed by atoms with Gasteiger partial charge in [0.1, 0.15) is 23.1 Å². The van der Waals surface area contributed by atoms with Crippen LogP contribution in [0.4, 0.5) is 5.82 Å². The average Bonchev–Trinajstić information content (AvgIpc) is 3.25. The number of halogens is 1. The second kappa shape index (κ2) is 8.66. The molecule has 2 heterocycles. The first-order valence-corrected chi connectivity index (χ1v) is 10.7. The molecule has 0 fully saturated rings. The zero-order chi connectivity index (χ0) is 22.0. The lowest BCUT2D eigenvalue weighted by atomic mass is 10.1. The van der Waals surface area contributed by atoms with E-state index in [1.54, 1.807) is 4.68 Å². The van der Waals surface area contributed by atoms with E-state index in [0.29, 0.717) is 42.2 Å². The highest BCUT2D eigenvalue weighted by Crippen LogP contribution is 2.30. The fourth-order valence-electron chi connectivity index (χ4n) is 3.68. The minimum absolute atomic E-state index is 0.152. The van der Waals surface area contributed by atoms with Crippen LogP contribution >= 0.6 is 15.9 Å². The summed E-state index contributed by atoms with van der Waals surface area (Å²) in [7, 11) is 1.88. The Morgan fingerprint density at radius 2 is 1.90 bits per heavy atom. The molecule has 7 nitrogen and oxygen atoms in total. The van der Waals surface area contributed by atoms with Crippen LogP contribution in [-0.2, 0) is 13.5 Å². The zero-order valence-electron chi connectivity index (χ0n) is 17.0. The molecule has 0 atom stereocenters. The van der Waals surface area contributed by atoms with Gasteiger partial charge in [-0.2, -0.15) is 10.4 Å². The molecular weight excluding hydrogens is 456 g/mol. The number of aromatic nitrogens is 3. The zero-order valence-corrected chi connectivity index (χ0v) is 18.6. The number of hydrogen-bond donors (Lipinski definition) is 2. The Labute approximate surface area is 188 Å². The molecule has 0 unspecified atom stereocenters. The fourth-order valence-corrected chi connectivity index (χ4v) is 4.46. The molecule has 0 aliphatic rings. The van der Waals surface area contributed by atoms with Crippen molar-refractivity contribution in [1.29, 1.82) is 5.26 Å². The number of fused-ring (bicyclic) bond motifs is 1. The Balaban J connectivity index is 1.44. The van der Waals surface area contributed by atoms with E-state index in [0.717, 1.165) is 21.1 Å². The summed E-state index contributed by atoms with van der Waals surface area (Å²) < 4.78 is 4.24. The van der Waals surface area contributed by atoms with E-state index in [4.69, 9.17) is 5.73 Å². The predicted octanol–water partition coefficient (Wildman–Crippen LogP) is 3.94. The van der Waals surface area contributed by atoms with Crippen molar-refractivity contribution in [1.82, 2.24) is 19.7 Å². The van der Waals surface area contributed by atoms with E-state index in [-0.39, 0.29) is 5.91 Å². The quantitative estimate of drug-likeness (QED) is 0.411. The van der Waals surface area contributed by atoms with Gasteiger partial charge in [0.05, 0.1) is 15.9 Å². The van der Waals surface area contributed by atoms with E-state index in [1.165, 1.54) is 0 Å². The van der Waals surface area contributed by atoms with Crippen LogP contribution in [-0.4, -0.2) is 26.8 Å². The number of nitriles is 1. The summed E-state index contributed by atoms with van der Waals surface area (Å²) in [6, 6.07) is 19.5. The van der Waals surface area contributed by atoms with Crippen molar-refractivity contribution in [3.8, 4) is 11.8 Å². The maximum atomic E-state index is 12.8. The van der Waals surface area contributed by atoms with Crippen molar-refractivity contribution >= 4 is 38.6 Å². The molecule has 0 spiro atoms. The number of benzene rings is 2. The number of hydrogen-bond acceptors (Lipinski definition) is 4. The lowest BCUT2D eigenvalue weighted by Crippen LogP contribution is -2.27. The second-order valence-electron chi connectivity index (χ2n) is 7.16. The molecule has 31 heavy (non-hydrogen) atoms. The first kappa shape index (κ1) is 20.7. The highest BCUT2D eigenvalue weighted by atomic mass is 79.9. The average molecular weight is 477 g/mol. The van der Waals surface area contributed by atoms with Gasteiger partial charge in [-0.15, -0.1) is 0 Å². The Bertz CT molecular complexity index is 1260. The summed E-state index contributed by atoms with van der Waals surface area (Å²) in [4.78, 5) is 12.8. The number of para-hydroxylation sites is 2. The number of nitrogen functional groups attached to an aromatic ring is 1. The maximum Gasteiger partial charge on any atom is 0.269 e. The largest absolute Gasteiger partial charge is 0.382 e. The molecule has 0 saturated heterocycles. The molecule has 4 aromatic rings. The van der Waals surface area contributed by atoms with Crippen molar-refractivity contribution in [2.24, 2.45) is 7.05 Å². The first-order valence-electron chi connectivity index (χ1n) is 9.87. The van der Waals surface area contributed by atoms with Gasteiger partial charge >= 0.3 is 0 Å². The summed E-state index contributed by atoms with van der Waals surface area (Å²) in [6.45, 7) is 0.454. The van der Waals surface area contributed by atoms with Crippen LogP contribution in [0.15, 0.2) is 59.1 Å². The smallest absolute Gasteiger partial charge is 0.269 e. The van der Waals surface area contributed by atoms with Crippen molar-refractivity contribution in [2.75, 3.05) is 12.3 Å². The molecule has 0 saturated carbocycles. The van der Waals surface area contributed by atoms with Gasteiger partial charge in [-0.05, 0) is 47.0 Å². The number of rotatable bonds is 6. The molecule has 0 bridgehead atoms. The summed E-state index contributed by atoms with van der Waals surface area (Å²) in [5.74, 6) is 0.174. The summed E-state index contributed by atoms with van der Waals surface area (Å²) >= 11 is 3.56. The number of nitrogens with zero attached hydrogens (tertiary/aromatic N) is 4. The third-order valence-corrected chi connectivity index (χ3v) is 6.05. The van der Waals surface area contributed by atoms with Crippen molar-refractivity contribution in [3.63, 3.8) is 0 Å². The van der Waals surface area contributed by atoms with Gasteiger partial charge in [-0.1, -0.05) is 36.4 Å². The molecule has 156 valence electrons. The molecule has 3 N–H and O–H groups in total. The van der Waals surface area contributed by atoms with Gasteiger partial charge in [0.2, 0.25) is 0 Å². The lowest BCUT2D eigenvalue weighted by Gasteiger charge is -2.07. The van der Waals surface area contributed by atoms with Gasteiger partial charge in [-0.25, -0.2) is 4.68 Å². The Morgan fingerprint density at radius 1 is 1.19 bits per heavy atom. The van der Waals surface area contributed by atoms with Crippen LogP contribution in [0, 0.1) is 11.3 Å². The van der Waals surface area contributed by atoms with E-state index < -0.39 is 0 Å². The number of carbonyl (C=O) groups excluding carboxylic acids is 1. The molecule has 1 amide bonds. The molecule has 0 aliphatic heterocycles. The Morgan fingerprint density at radius 3 is 2.61 bits per heavy atom. The van der Waals surface area contributed by atoms with Crippen LogP contribution in [0.25, 0.3) is 16.6 Å². The van der Waals surface area contributed by atoms with Crippen molar-refractivity contribution in [2.45, 2.75) is 12.8 Å². The van der Waals surface area contributed by atoms with Crippen molar-refractivity contribution in [3.05, 3.63) is 76.0 Å². The van der Waals surface area contributed by atoms with Gasteiger partial charge in [-0.3, -0.25) is 4.79 Å². The van der Waals surface area contributed by atoms with E-state index >= 15 is 0 Å². The van der Waals surface area contributed by atoms with Gasteiger partial charge in [0, 0.05) is 24.5 Å². The van der Waals surface area contributed by atoms with Crippen LogP contribution in [0.1, 0.15) is 28.2 Å². The van der Waals surface area contributed by atoms with E-state index in [1.807, 2.05) is 66.2 Å². The minimum Gasteiger partial charge on any atom is -0.382 e. The molecule has 2 aromatic heterocycles. The monoisotopic (exact) mass is 476 g/mol. The second-order valence-corrected chi connectivity index (χ2v) is 7.96. The molecule has 2 aromatic carbocycles. The predicted molar refractivity (Wildman–Crippen MR) is 124 cm³/mol. The fraction of sp³-hybridized carbons (Fsp3) is 0.174. The third kappa shape index (κ3) is 3.80. The third-order valence-electron chi connectivity index (χ3n) is 5.24. The van der Waals surface area contributed by atoms with E-state index in [2.05, 4.69) is 32.4 Å². The Hall–Kier alpha value is -3.57. The van der Waals surface area contributed by atoms with E-state index in [9.17, 15) is 10.1 Å². The number of aryl methyl sites for hydroxylation is 2. The Kier molecular flexibility index (Phi) is 5.78. The van der Waals surface area contributed by atoms with Gasteiger partial charge in [0.25, 0.3) is 5.91 Å². The van der Waals surface area contributed by atoms with Gasteiger partial charge in [0.15, 0.2) is 0 Å². The standard InChI is InChI=1S/C23H21BrN6O/c1-29-19-12-6-5-10-16(19)20(24)21(29)23(31)27-13-7-11-18-17(14-25)22(26)30(28-18)15-8-3-2-4-9-15/h2-6,8-10,12H,7,11,13,26H2,1H3,(H,27,31). The normalized spacial score (nSPS) is 10.9. The number of nitrogens with one attached hydrogen (secondary N) is 1. The molecular formula is C23H21BrN6O. The van der Waals surface area contributed by atoms with Crippen LogP contribution in [0.2, 0.25) is 0 Å². The summed E-state index contributed by atoms with van der Waals surface area (Å²) in [5.41, 5.74) is 9.52. The minimum atomic E-state index is -0.152. The van der Waals surface area contributed by atoms with Crippen LogP contribution in [0.5, 0.6) is 0 Å². The lowest BCUT2D eigenvalue weighted by molar-refractivity contribution is 0.0944. The number of anilines is 1. The number of carbonyl (C=O) groups is 1. The molecule has 0 aliphatic carbocycles. The van der Waals surface area contributed by atoms with Crippen LogP contribution < -0.4 is 11.1 Å². The summed E-state index contributed by atoms with van der Waals surface area (Å²) in [6.07, 6.45) is 1.16. The number of nitrogens with two attached hydrogens (primary N) is 1. The molecule has 8 heteroatoms. The highest BCUT2D eigenvalue weighted by molar-refractivity contribution is 9.10. The highest BCUT2D eigenvalue weighted by Gasteiger charge is 2.19. The van der Waals surface area contributed by atoms with Crippen LogP contribution in [0.3, 0.4) is 0 Å². The number of amides is 1.